The highest BCUT2D eigenvalue weighted by Crippen LogP contribution is 2.37. The van der Waals surface area contributed by atoms with Crippen molar-refractivity contribution in [2.24, 2.45) is 0 Å². The van der Waals surface area contributed by atoms with Crippen LogP contribution in [0, 0.1) is 5.82 Å². The molecule has 69 valence electrons. The van der Waals surface area contributed by atoms with Gasteiger partial charge in [-0.15, -0.1) is 0 Å². The number of hydrogen-bond donors (Lipinski definition) is 0. The number of rotatable bonds is 1. The fourth-order valence-corrected chi connectivity index (χ4v) is 2.04. The van der Waals surface area contributed by atoms with Gasteiger partial charge in [0.05, 0.1) is 5.54 Å². The van der Waals surface area contributed by atoms with E-state index in [2.05, 4.69) is 0 Å². The highest BCUT2D eigenvalue weighted by Gasteiger charge is 2.31. The first kappa shape index (κ1) is 8.70. The van der Waals surface area contributed by atoms with E-state index in [-0.39, 0.29) is 5.82 Å². The van der Waals surface area contributed by atoms with Crippen LogP contribution in [0.25, 0.3) is 0 Å². The highest BCUT2D eigenvalue weighted by atomic mass is 19.1. The first-order valence-corrected chi connectivity index (χ1v) is 4.72. The van der Waals surface area contributed by atoms with Crippen molar-refractivity contribution < 1.29 is 4.39 Å². The molecule has 2 heteroatoms. The summed E-state index contributed by atoms with van der Waals surface area (Å²) in [6.45, 7) is 0. The standard InChI is InChI=1S/C11H13FN/c12-10-5-3-9(4-6-10)11(13)7-1-2-8-11/h3-6,13H,1-2,7-8H2. The second kappa shape index (κ2) is 3.11. The predicted molar refractivity (Wildman–Crippen MR) is 49.6 cm³/mol. The van der Waals surface area contributed by atoms with Crippen LogP contribution in [0.3, 0.4) is 0 Å². The lowest BCUT2D eigenvalue weighted by Crippen LogP contribution is -2.22. The minimum absolute atomic E-state index is 0.217. The molecular formula is C11H13FN. The van der Waals surface area contributed by atoms with Crippen molar-refractivity contribution in [3.63, 3.8) is 0 Å². The van der Waals surface area contributed by atoms with Gasteiger partial charge in [-0.1, -0.05) is 25.0 Å². The molecule has 2 rings (SSSR count). The Morgan fingerprint density at radius 3 is 2.15 bits per heavy atom. The Labute approximate surface area is 77.8 Å². The van der Waals surface area contributed by atoms with Gasteiger partial charge >= 0.3 is 0 Å². The normalized spacial score (nSPS) is 20.5. The molecule has 1 nitrogen and oxygen atoms in total. The predicted octanol–water partition coefficient (Wildman–Crippen LogP) is 2.88. The smallest absolute Gasteiger partial charge is 0.123 e. The zero-order chi connectivity index (χ0) is 9.31. The highest BCUT2D eigenvalue weighted by molar-refractivity contribution is 5.25. The molecule has 1 aromatic carbocycles. The third-order valence-electron chi connectivity index (χ3n) is 2.85. The van der Waals surface area contributed by atoms with Gasteiger partial charge in [-0.3, -0.25) is 0 Å². The lowest BCUT2D eigenvalue weighted by molar-refractivity contribution is 0.442. The van der Waals surface area contributed by atoms with Crippen molar-refractivity contribution in [2.45, 2.75) is 31.2 Å². The number of hydrogen-bond acceptors (Lipinski definition) is 0. The van der Waals surface area contributed by atoms with Crippen LogP contribution >= 0.6 is 0 Å². The fraction of sp³-hybridized carbons (Fsp3) is 0.455. The largest absolute Gasteiger partial charge is 0.246 e. The maximum absolute atomic E-state index is 12.6. The van der Waals surface area contributed by atoms with E-state index in [9.17, 15) is 4.39 Å². The molecule has 0 spiro atoms. The summed E-state index contributed by atoms with van der Waals surface area (Å²) in [6.07, 6.45) is 4.08. The van der Waals surface area contributed by atoms with Crippen LogP contribution in [0.15, 0.2) is 24.3 Å². The molecule has 13 heavy (non-hydrogen) atoms. The molecule has 0 amide bonds. The van der Waals surface area contributed by atoms with Crippen LogP contribution < -0.4 is 5.73 Å². The van der Waals surface area contributed by atoms with Crippen LogP contribution in [-0.2, 0) is 5.54 Å². The summed E-state index contributed by atoms with van der Waals surface area (Å²) in [6, 6.07) is 6.38. The van der Waals surface area contributed by atoms with E-state index in [1.807, 2.05) is 0 Å². The Balaban J connectivity index is 2.29. The minimum atomic E-state index is -0.437. The van der Waals surface area contributed by atoms with E-state index in [1.54, 1.807) is 12.1 Å². The van der Waals surface area contributed by atoms with Crippen molar-refractivity contribution >= 4 is 0 Å². The van der Waals surface area contributed by atoms with E-state index >= 15 is 0 Å². The van der Waals surface area contributed by atoms with Crippen LogP contribution in [0.4, 0.5) is 4.39 Å². The number of benzene rings is 1. The van der Waals surface area contributed by atoms with E-state index in [0.717, 1.165) is 31.2 Å². The van der Waals surface area contributed by atoms with E-state index in [1.165, 1.54) is 12.1 Å². The van der Waals surface area contributed by atoms with Crippen LogP contribution in [0.5, 0.6) is 0 Å². The molecule has 0 aromatic heterocycles. The zero-order valence-electron chi connectivity index (χ0n) is 7.52. The van der Waals surface area contributed by atoms with E-state index in [0.29, 0.717) is 0 Å². The van der Waals surface area contributed by atoms with Crippen molar-refractivity contribution in [1.82, 2.24) is 5.73 Å². The third kappa shape index (κ3) is 1.59. The molecule has 1 radical (unpaired) electrons. The first-order chi connectivity index (χ1) is 6.21. The molecule has 1 fully saturated rings. The molecule has 0 atom stereocenters. The molecule has 1 aromatic rings. The van der Waals surface area contributed by atoms with Gasteiger partial charge in [-0.05, 0) is 30.5 Å². The van der Waals surface area contributed by atoms with Gasteiger partial charge in [-0.2, -0.15) is 0 Å². The molecule has 1 saturated carbocycles. The van der Waals surface area contributed by atoms with Gasteiger partial charge in [0.25, 0.3) is 0 Å². The summed E-state index contributed by atoms with van der Waals surface area (Å²) in [5.74, 6) is -0.217. The quantitative estimate of drug-likeness (QED) is 0.631. The summed E-state index contributed by atoms with van der Waals surface area (Å²) < 4.78 is 12.6. The van der Waals surface area contributed by atoms with Gasteiger partial charge in [-0.25, -0.2) is 10.1 Å². The second-order valence-corrected chi connectivity index (χ2v) is 3.80. The Hall–Kier alpha value is -0.890. The molecular weight excluding hydrogens is 165 g/mol. The molecule has 0 unspecified atom stereocenters. The monoisotopic (exact) mass is 178 g/mol. The van der Waals surface area contributed by atoms with Gasteiger partial charge in [0.2, 0.25) is 0 Å². The summed E-state index contributed by atoms with van der Waals surface area (Å²) in [5, 5.41) is 0. The number of nitrogens with one attached hydrogen (secondary N) is 1. The van der Waals surface area contributed by atoms with E-state index < -0.39 is 5.54 Å². The molecule has 0 bridgehead atoms. The second-order valence-electron chi connectivity index (χ2n) is 3.80. The van der Waals surface area contributed by atoms with Crippen molar-refractivity contribution in [3.8, 4) is 0 Å². The van der Waals surface area contributed by atoms with E-state index in [4.69, 9.17) is 5.73 Å². The average molecular weight is 178 g/mol. The molecule has 1 N–H and O–H groups in total. The lowest BCUT2D eigenvalue weighted by Gasteiger charge is -2.22. The topological polar surface area (TPSA) is 23.8 Å². The van der Waals surface area contributed by atoms with Crippen LogP contribution in [0.1, 0.15) is 31.2 Å². The molecule has 0 heterocycles. The Morgan fingerprint density at radius 1 is 1.08 bits per heavy atom. The fourth-order valence-electron chi connectivity index (χ4n) is 2.04. The Kier molecular flexibility index (Phi) is 2.08. The minimum Gasteiger partial charge on any atom is -0.246 e. The molecule has 1 aliphatic carbocycles. The summed E-state index contributed by atoms with van der Waals surface area (Å²) in [4.78, 5) is 0. The molecule has 0 saturated heterocycles. The lowest BCUT2D eigenvalue weighted by atomic mass is 9.89. The third-order valence-corrected chi connectivity index (χ3v) is 2.85. The average Bonchev–Trinajstić information content (AvgIpc) is 2.54. The maximum Gasteiger partial charge on any atom is 0.123 e. The van der Waals surface area contributed by atoms with Crippen molar-refractivity contribution in [2.75, 3.05) is 0 Å². The summed E-state index contributed by atoms with van der Waals surface area (Å²) in [5.41, 5.74) is 8.70. The first-order valence-electron chi connectivity index (χ1n) is 4.72. The Bertz CT molecular complexity index is 285. The zero-order valence-corrected chi connectivity index (χ0v) is 7.52. The molecule has 0 aliphatic heterocycles. The van der Waals surface area contributed by atoms with Gasteiger partial charge < -0.3 is 0 Å². The number of halogens is 1. The maximum atomic E-state index is 12.6. The summed E-state index contributed by atoms with van der Waals surface area (Å²) >= 11 is 0. The van der Waals surface area contributed by atoms with Gasteiger partial charge in [0.15, 0.2) is 0 Å². The van der Waals surface area contributed by atoms with Crippen molar-refractivity contribution in [3.05, 3.63) is 35.6 Å². The summed E-state index contributed by atoms with van der Waals surface area (Å²) in [7, 11) is 0. The van der Waals surface area contributed by atoms with Crippen LogP contribution in [-0.4, -0.2) is 0 Å². The molecule has 1 aliphatic rings. The SMILES string of the molecule is [NH]C1(c2ccc(F)cc2)CCCC1. The van der Waals surface area contributed by atoms with Gasteiger partial charge in [0, 0.05) is 0 Å². The van der Waals surface area contributed by atoms with Crippen molar-refractivity contribution in [1.29, 1.82) is 0 Å². The Morgan fingerprint density at radius 2 is 1.62 bits per heavy atom. The van der Waals surface area contributed by atoms with Crippen LogP contribution in [0.2, 0.25) is 0 Å². The van der Waals surface area contributed by atoms with Gasteiger partial charge in [0.1, 0.15) is 5.82 Å².